The number of benzene rings is 1. The topological polar surface area (TPSA) is 29.9 Å². The van der Waals surface area contributed by atoms with E-state index in [1.54, 1.807) is 0 Å². The fourth-order valence-corrected chi connectivity index (χ4v) is 2.40. The molecule has 0 saturated heterocycles. The lowest BCUT2D eigenvalue weighted by molar-refractivity contribution is 0.469. The van der Waals surface area contributed by atoms with Gasteiger partial charge in [-0.3, -0.25) is 4.68 Å². The van der Waals surface area contributed by atoms with Crippen LogP contribution in [0.15, 0.2) is 42.6 Å². The minimum absolute atomic E-state index is 0.393. The summed E-state index contributed by atoms with van der Waals surface area (Å²) in [6.45, 7) is 4.40. The Morgan fingerprint density at radius 2 is 1.95 bits per heavy atom. The van der Waals surface area contributed by atoms with Crippen LogP contribution < -0.4 is 5.32 Å². The van der Waals surface area contributed by atoms with Crippen LogP contribution in [0.3, 0.4) is 0 Å². The summed E-state index contributed by atoms with van der Waals surface area (Å²) in [6.07, 6.45) is 5.28. The van der Waals surface area contributed by atoms with Crippen molar-refractivity contribution in [3.05, 3.63) is 53.9 Å². The van der Waals surface area contributed by atoms with Crippen molar-refractivity contribution in [3.63, 3.8) is 0 Å². The molecule has 108 valence electrons. The van der Waals surface area contributed by atoms with Crippen molar-refractivity contribution >= 4 is 0 Å². The minimum Gasteiger partial charge on any atom is -0.313 e. The van der Waals surface area contributed by atoms with Gasteiger partial charge in [-0.15, -0.1) is 0 Å². The van der Waals surface area contributed by atoms with E-state index >= 15 is 0 Å². The smallest absolute Gasteiger partial charge is 0.0625 e. The summed E-state index contributed by atoms with van der Waals surface area (Å²) in [7, 11) is 2.02. The molecule has 0 aliphatic heterocycles. The van der Waals surface area contributed by atoms with Crippen LogP contribution in [-0.4, -0.2) is 16.8 Å². The second-order valence-electron chi connectivity index (χ2n) is 5.33. The van der Waals surface area contributed by atoms with Gasteiger partial charge in [0.2, 0.25) is 0 Å². The maximum Gasteiger partial charge on any atom is 0.0625 e. The highest BCUT2D eigenvalue weighted by atomic mass is 15.3. The Morgan fingerprint density at radius 3 is 2.60 bits per heavy atom. The SMILES string of the molecule is CCC(C)n1ccc(CCC(NC)c2ccccc2)n1. The van der Waals surface area contributed by atoms with Crippen LogP contribution in [0.4, 0.5) is 0 Å². The molecule has 2 rings (SSSR count). The molecule has 3 heteroatoms. The molecule has 0 radical (unpaired) electrons. The third kappa shape index (κ3) is 3.70. The van der Waals surface area contributed by atoms with Gasteiger partial charge in [0.15, 0.2) is 0 Å². The van der Waals surface area contributed by atoms with Crippen molar-refractivity contribution in [2.24, 2.45) is 0 Å². The number of hydrogen-bond acceptors (Lipinski definition) is 2. The van der Waals surface area contributed by atoms with E-state index in [9.17, 15) is 0 Å². The lowest BCUT2D eigenvalue weighted by Crippen LogP contribution is -2.17. The fraction of sp³-hybridized carbons (Fsp3) is 0.471. The summed E-state index contributed by atoms with van der Waals surface area (Å²) in [5, 5.41) is 8.06. The Morgan fingerprint density at radius 1 is 1.20 bits per heavy atom. The van der Waals surface area contributed by atoms with Crippen molar-refractivity contribution in [1.82, 2.24) is 15.1 Å². The van der Waals surface area contributed by atoms with E-state index in [-0.39, 0.29) is 0 Å². The molecule has 1 aromatic heterocycles. The van der Waals surface area contributed by atoms with Gasteiger partial charge in [0, 0.05) is 18.3 Å². The fourth-order valence-electron chi connectivity index (χ4n) is 2.40. The van der Waals surface area contributed by atoms with E-state index in [0.29, 0.717) is 12.1 Å². The third-order valence-electron chi connectivity index (χ3n) is 3.95. The van der Waals surface area contributed by atoms with Crippen LogP contribution in [0.1, 0.15) is 50.0 Å². The van der Waals surface area contributed by atoms with Crippen LogP contribution >= 0.6 is 0 Å². The summed E-state index contributed by atoms with van der Waals surface area (Å²) >= 11 is 0. The van der Waals surface area contributed by atoms with Crippen molar-refractivity contribution in [3.8, 4) is 0 Å². The third-order valence-corrected chi connectivity index (χ3v) is 3.95. The zero-order chi connectivity index (χ0) is 14.4. The van der Waals surface area contributed by atoms with Crippen LogP contribution in [-0.2, 0) is 6.42 Å². The standard InChI is InChI=1S/C17H25N3/c1-4-14(2)20-13-12-16(19-20)10-11-17(18-3)15-8-6-5-7-9-15/h5-9,12-14,17-18H,4,10-11H2,1-3H3. The first-order valence-corrected chi connectivity index (χ1v) is 7.50. The molecule has 2 atom stereocenters. The molecule has 2 aromatic rings. The van der Waals surface area contributed by atoms with E-state index in [4.69, 9.17) is 0 Å². The van der Waals surface area contributed by atoms with Crippen LogP contribution in [0, 0.1) is 0 Å². The Kier molecular flexibility index (Phi) is 5.36. The quantitative estimate of drug-likeness (QED) is 0.831. The molecule has 2 unspecified atom stereocenters. The van der Waals surface area contributed by atoms with Crippen LogP contribution in [0.2, 0.25) is 0 Å². The van der Waals surface area contributed by atoms with Crippen LogP contribution in [0.5, 0.6) is 0 Å². The molecule has 0 saturated carbocycles. The highest BCUT2D eigenvalue weighted by Gasteiger charge is 2.10. The van der Waals surface area contributed by atoms with Gasteiger partial charge in [0.1, 0.15) is 0 Å². The monoisotopic (exact) mass is 271 g/mol. The largest absolute Gasteiger partial charge is 0.313 e. The average Bonchev–Trinajstić information content (AvgIpc) is 2.97. The number of nitrogens with one attached hydrogen (secondary N) is 1. The lowest BCUT2D eigenvalue weighted by Gasteiger charge is -2.16. The van der Waals surface area contributed by atoms with Gasteiger partial charge in [-0.25, -0.2) is 0 Å². The second-order valence-corrected chi connectivity index (χ2v) is 5.33. The molecule has 0 aliphatic rings. The van der Waals surface area contributed by atoms with Crippen molar-refractivity contribution in [1.29, 1.82) is 0 Å². The molecule has 3 nitrogen and oxygen atoms in total. The summed E-state index contributed by atoms with van der Waals surface area (Å²) in [5.74, 6) is 0. The molecule has 20 heavy (non-hydrogen) atoms. The molecule has 0 amide bonds. The first-order chi connectivity index (χ1) is 9.74. The van der Waals surface area contributed by atoms with Gasteiger partial charge >= 0.3 is 0 Å². The summed E-state index contributed by atoms with van der Waals surface area (Å²) < 4.78 is 2.08. The van der Waals surface area contributed by atoms with Gasteiger partial charge in [-0.2, -0.15) is 5.10 Å². The molecule has 1 heterocycles. The molecule has 0 spiro atoms. The maximum atomic E-state index is 4.67. The van der Waals surface area contributed by atoms with Gasteiger partial charge < -0.3 is 5.32 Å². The number of aromatic nitrogens is 2. The summed E-state index contributed by atoms with van der Waals surface area (Å²) in [5.41, 5.74) is 2.53. The van der Waals surface area contributed by atoms with Crippen LogP contribution in [0.25, 0.3) is 0 Å². The molecule has 0 fully saturated rings. The maximum absolute atomic E-state index is 4.67. The van der Waals surface area contributed by atoms with Gasteiger partial charge in [-0.05, 0) is 44.9 Å². The van der Waals surface area contributed by atoms with Gasteiger partial charge in [-0.1, -0.05) is 37.3 Å². The summed E-state index contributed by atoms with van der Waals surface area (Å²) in [4.78, 5) is 0. The van der Waals surface area contributed by atoms with Gasteiger partial charge in [0.05, 0.1) is 5.69 Å². The first-order valence-electron chi connectivity index (χ1n) is 7.50. The Hall–Kier alpha value is -1.61. The highest BCUT2D eigenvalue weighted by Crippen LogP contribution is 2.18. The predicted octanol–water partition coefficient (Wildman–Crippen LogP) is 3.75. The number of rotatable bonds is 7. The lowest BCUT2D eigenvalue weighted by atomic mass is 10.0. The van der Waals surface area contributed by atoms with Crippen molar-refractivity contribution < 1.29 is 0 Å². The van der Waals surface area contributed by atoms with Crippen molar-refractivity contribution in [2.45, 2.75) is 45.2 Å². The zero-order valence-electron chi connectivity index (χ0n) is 12.7. The normalized spacial score (nSPS) is 14.2. The van der Waals surface area contributed by atoms with E-state index < -0.39 is 0 Å². The number of aryl methyl sites for hydroxylation is 1. The molecular formula is C17H25N3. The molecule has 0 bridgehead atoms. The predicted molar refractivity (Wildman–Crippen MR) is 83.8 cm³/mol. The Labute approximate surface area is 122 Å². The molecular weight excluding hydrogens is 246 g/mol. The van der Waals surface area contributed by atoms with E-state index in [1.165, 1.54) is 11.3 Å². The Balaban J connectivity index is 1.95. The van der Waals surface area contributed by atoms with Crippen molar-refractivity contribution in [2.75, 3.05) is 7.05 Å². The molecule has 0 aliphatic carbocycles. The second kappa shape index (κ2) is 7.25. The molecule has 1 aromatic carbocycles. The Bertz CT molecular complexity index is 504. The minimum atomic E-state index is 0.393. The highest BCUT2D eigenvalue weighted by molar-refractivity contribution is 5.19. The van der Waals surface area contributed by atoms with E-state index in [1.807, 2.05) is 7.05 Å². The molecule has 1 N–H and O–H groups in total. The number of hydrogen-bond donors (Lipinski definition) is 1. The van der Waals surface area contributed by atoms with E-state index in [0.717, 1.165) is 19.3 Å². The average molecular weight is 271 g/mol. The first kappa shape index (κ1) is 14.8. The van der Waals surface area contributed by atoms with Gasteiger partial charge in [0.25, 0.3) is 0 Å². The zero-order valence-corrected chi connectivity index (χ0v) is 12.7. The summed E-state index contributed by atoms with van der Waals surface area (Å²) in [6, 6.07) is 13.6. The number of nitrogens with zero attached hydrogens (tertiary/aromatic N) is 2. The van der Waals surface area contributed by atoms with E-state index in [2.05, 4.69) is 71.5 Å².